The Balaban J connectivity index is 1.57. The summed E-state index contributed by atoms with van der Waals surface area (Å²) in [6, 6.07) is 17.2. The van der Waals surface area contributed by atoms with Gasteiger partial charge in [-0.2, -0.15) is 0 Å². The van der Waals surface area contributed by atoms with E-state index in [1.165, 1.54) is 11.3 Å². The average molecular weight is 563 g/mol. The van der Waals surface area contributed by atoms with Gasteiger partial charge in [-0.15, -0.1) is 11.3 Å². The van der Waals surface area contributed by atoms with Gasteiger partial charge in [-0.25, -0.2) is 0 Å². The zero-order valence-electron chi connectivity index (χ0n) is 23.1. The number of benzene rings is 2. The molecule has 4 rings (SSSR count). The highest BCUT2D eigenvalue weighted by atomic mass is 32.1. The van der Waals surface area contributed by atoms with Crippen LogP contribution >= 0.6 is 11.3 Å². The summed E-state index contributed by atoms with van der Waals surface area (Å²) >= 11 is 1.39. The molecule has 1 fully saturated rings. The summed E-state index contributed by atoms with van der Waals surface area (Å²) in [5.41, 5.74) is 5.29. The Bertz CT molecular complexity index is 1310. The number of rotatable bonds is 11. The van der Waals surface area contributed by atoms with Gasteiger partial charge in [-0.3, -0.25) is 19.2 Å². The Labute approximate surface area is 239 Å². The van der Waals surface area contributed by atoms with Crippen molar-refractivity contribution in [1.82, 2.24) is 16.0 Å². The summed E-state index contributed by atoms with van der Waals surface area (Å²) < 4.78 is 1.000. The Hall–Kier alpha value is -3.72. The van der Waals surface area contributed by atoms with Gasteiger partial charge >= 0.3 is 0 Å². The number of fused-ring (bicyclic) bond motifs is 1. The molecule has 212 valence electrons. The molecule has 3 aromatic rings. The molecule has 0 aliphatic heterocycles. The van der Waals surface area contributed by atoms with Crippen LogP contribution in [0, 0.1) is 5.92 Å². The fraction of sp³-hybridized carbons (Fsp3) is 0.419. The Morgan fingerprint density at radius 1 is 0.900 bits per heavy atom. The van der Waals surface area contributed by atoms with Gasteiger partial charge in [-0.1, -0.05) is 81.6 Å². The normalized spacial score (nSPS) is 16.2. The van der Waals surface area contributed by atoms with Crippen molar-refractivity contribution in [3.63, 3.8) is 0 Å². The molecule has 0 bridgehead atoms. The molecule has 0 unspecified atom stereocenters. The van der Waals surface area contributed by atoms with Crippen LogP contribution < -0.4 is 21.7 Å². The third-order valence-corrected chi connectivity index (χ3v) is 8.53. The van der Waals surface area contributed by atoms with Gasteiger partial charge in [0.2, 0.25) is 17.7 Å². The molecule has 5 N–H and O–H groups in total. The predicted octanol–water partition coefficient (Wildman–Crippen LogP) is 4.08. The number of hydrogen-bond acceptors (Lipinski definition) is 5. The number of carbonyl (C=O) groups is 4. The lowest BCUT2D eigenvalue weighted by Crippen LogP contribution is -2.63. The van der Waals surface area contributed by atoms with E-state index in [2.05, 4.69) is 16.0 Å². The smallest absolute Gasteiger partial charge is 0.262 e. The first-order valence-electron chi connectivity index (χ1n) is 13.9. The monoisotopic (exact) mass is 562 g/mol. The number of primary amides is 1. The van der Waals surface area contributed by atoms with Crippen molar-refractivity contribution in [2.24, 2.45) is 11.7 Å². The summed E-state index contributed by atoms with van der Waals surface area (Å²) in [5, 5.41) is 9.73. The molecule has 2 aromatic carbocycles. The number of nitrogens with two attached hydrogens (primary N) is 1. The van der Waals surface area contributed by atoms with Gasteiger partial charge in [0.1, 0.15) is 17.6 Å². The van der Waals surface area contributed by atoms with Crippen LogP contribution in [0.2, 0.25) is 0 Å². The van der Waals surface area contributed by atoms with Crippen LogP contribution in [0.3, 0.4) is 0 Å². The molecular formula is C31H38N4O4S. The van der Waals surface area contributed by atoms with Crippen LogP contribution in [-0.2, 0) is 20.8 Å². The lowest BCUT2D eigenvalue weighted by atomic mass is 9.80. The number of thiophene rings is 1. The number of nitrogens with one attached hydrogen (secondary N) is 3. The van der Waals surface area contributed by atoms with E-state index in [0.29, 0.717) is 24.1 Å². The third kappa shape index (κ3) is 7.27. The maximum absolute atomic E-state index is 14.0. The second kappa shape index (κ2) is 13.1. The molecule has 0 radical (unpaired) electrons. The highest BCUT2D eigenvalue weighted by Crippen LogP contribution is 2.31. The standard InChI is InChI=1S/C31H38N4O4S/c1-20(2)17-23(27(32)36)33-28(37)24(18-21-11-5-3-6-12-21)34-30(39)31(15-9-4-10-16-31)35-29(38)26-19-22-13-7-8-14-25(22)40-26/h3,5-8,11-14,19-20,23-24H,4,9-10,15-18H2,1-2H3,(H2,32,36)(H,33,37)(H,34,39)(H,35,38)/t23-,24-/m0/s1. The minimum absolute atomic E-state index is 0.134. The fourth-order valence-corrected chi connectivity index (χ4v) is 6.24. The molecule has 1 aromatic heterocycles. The van der Waals surface area contributed by atoms with E-state index in [0.717, 1.165) is 34.9 Å². The SMILES string of the molecule is CC(C)C[C@H](NC(=O)[C@H](Cc1ccccc1)NC(=O)C1(NC(=O)c2cc3ccccc3s2)CCCCC1)C(N)=O. The van der Waals surface area contributed by atoms with E-state index in [4.69, 9.17) is 5.73 Å². The molecule has 0 spiro atoms. The molecule has 1 saturated carbocycles. The van der Waals surface area contributed by atoms with Gasteiger partial charge in [0.05, 0.1) is 4.88 Å². The minimum atomic E-state index is -1.14. The average Bonchev–Trinajstić information content (AvgIpc) is 3.38. The van der Waals surface area contributed by atoms with Crippen LogP contribution in [-0.4, -0.2) is 41.3 Å². The molecule has 2 atom stereocenters. The van der Waals surface area contributed by atoms with Crippen LogP contribution in [0.1, 0.15) is 67.6 Å². The quantitative estimate of drug-likeness (QED) is 0.281. The second-order valence-corrected chi connectivity index (χ2v) is 12.1. The number of carbonyl (C=O) groups excluding carboxylic acids is 4. The Morgan fingerprint density at radius 2 is 1.57 bits per heavy atom. The van der Waals surface area contributed by atoms with Crippen LogP contribution in [0.5, 0.6) is 0 Å². The molecule has 40 heavy (non-hydrogen) atoms. The lowest BCUT2D eigenvalue weighted by molar-refractivity contribution is -0.134. The zero-order chi connectivity index (χ0) is 28.7. The minimum Gasteiger partial charge on any atom is -0.368 e. The summed E-state index contributed by atoms with van der Waals surface area (Å²) in [5.74, 6) is -1.66. The largest absolute Gasteiger partial charge is 0.368 e. The Kier molecular flexibility index (Phi) is 9.58. The van der Waals surface area contributed by atoms with E-state index >= 15 is 0 Å². The van der Waals surface area contributed by atoms with Crippen molar-refractivity contribution in [2.45, 2.75) is 76.4 Å². The summed E-state index contributed by atoms with van der Waals surface area (Å²) in [6.07, 6.45) is 4.12. The highest BCUT2D eigenvalue weighted by molar-refractivity contribution is 7.20. The molecule has 9 heteroatoms. The second-order valence-electron chi connectivity index (χ2n) is 11.1. The van der Waals surface area contributed by atoms with Gasteiger partial charge in [0.25, 0.3) is 5.91 Å². The van der Waals surface area contributed by atoms with Crippen molar-refractivity contribution < 1.29 is 19.2 Å². The van der Waals surface area contributed by atoms with Gasteiger partial charge in [0, 0.05) is 11.1 Å². The molecule has 0 saturated heterocycles. The van der Waals surface area contributed by atoms with Gasteiger partial charge in [0.15, 0.2) is 0 Å². The summed E-state index contributed by atoms with van der Waals surface area (Å²) in [7, 11) is 0. The Morgan fingerprint density at radius 3 is 2.23 bits per heavy atom. The van der Waals surface area contributed by atoms with E-state index in [1.54, 1.807) is 0 Å². The molecule has 1 aliphatic rings. The molecule has 1 heterocycles. The summed E-state index contributed by atoms with van der Waals surface area (Å²) in [4.78, 5) is 53.5. The maximum Gasteiger partial charge on any atom is 0.262 e. The maximum atomic E-state index is 14.0. The molecule has 8 nitrogen and oxygen atoms in total. The fourth-order valence-electron chi connectivity index (χ4n) is 5.28. The van der Waals surface area contributed by atoms with E-state index in [9.17, 15) is 19.2 Å². The topological polar surface area (TPSA) is 130 Å². The van der Waals surface area contributed by atoms with Crippen molar-refractivity contribution >= 4 is 45.1 Å². The van der Waals surface area contributed by atoms with Crippen molar-refractivity contribution in [3.05, 3.63) is 71.1 Å². The first-order valence-corrected chi connectivity index (χ1v) is 14.7. The number of amides is 4. The van der Waals surface area contributed by atoms with Gasteiger partial charge in [-0.05, 0) is 48.3 Å². The number of hydrogen-bond donors (Lipinski definition) is 4. The predicted molar refractivity (Wildman–Crippen MR) is 158 cm³/mol. The first kappa shape index (κ1) is 29.3. The highest BCUT2D eigenvalue weighted by Gasteiger charge is 2.43. The lowest BCUT2D eigenvalue weighted by Gasteiger charge is -2.37. The van der Waals surface area contributed by atoms with Crippen LogP contribution in [0.25, 0.3) is 10.1 Å². The summed E-state index contributed by atoms with van der Waals surface area (Å²) in [6.45, 7) is 3.88. The van der Waals surface area contributed by atoms with E-state index in [-0.39, 0.29) is 18.2 Å². The third-order valence-electron chi connectivity index (χ3n) is 7.42. The van der Waals surface area contributed by atoms with Crippen LogP contribution in [0.4, 0.5) is 0 Å². The molecular weight excluding hydrogens is 524 g/mol. The van der Waals surface area contributed by atoms with Gasteiger partial charge < -0.3 is 21.7 Å². The van der Waals surface area contributed by atoms with Crippen molar-refractivity contribution in [3.8, 4) is 0 Å². The van der Waals surface area contributed by atoms with Crippen LogP contribution in [0.15, 0.2) is 60.7 Å². The van der Waals surface area contributed by atoms with Crippen molar-refractivity contribution in [2.75, 3.05) is 0 Å². The zero-order valence-corrected chi connectivity index (χ0v) is 23.9. The van der Waals surface area contributed by atoms with Crippen molar-refractivity contribution in [1.29, 1.82) is 0 Å². The van der Waals surface area contributed by atoms with E-state index < -0.39 is 35.3 Å². The molecule has 1 aliphatic carbocycles. The first-order chi connectivity index (χ1) is 19.2. The molecule has 4 amide bonds. The van der Waals surface area contributed by atoms with E-state index in [1.807, 2.05) is 74.5 Å².